The molecule has 0 fully saturated rings. The van der Waals surface area contributed by atoms with Gasteiger partial charge in [-0.2, -0.15) is 0 Å². The van der Waals surface area contributed by atoms with Crippen LogP contribution in [0.4, 0.5) is 0 Å². The maximum Gasteiger partial charge on any atom is 0.231 e. The summed E-state index contributed by atoms with van der Waals surface area (Å²) >= 11 is 0. The number of fused-ring (bicyclic) bond motifs is 3. The van der Waals surface area contributed by atoms with Crippen molar-refractivity contribution in [2.45, 2.75) is 13.3 Å². The van der Waals surface area contributed by atoms with E-state index in [4.69, 9.17) is 18.9 Å². The van der Waals surface area contributed by atoms with Gasteiger partial charge in [0.15, 0.2) is 23.0 Å². The third-order valence-electron chi connectivity index (χ3n) is 4.74. The monoisotopic (exact) mass is 351 g/mol. The minimum absolute atomic E-state index is 0.277. The predicted octanol–water partition coefficient (Wildman–Crippen LogP) is 3.97. The van der Waals surface area contributed by atoms with Crippen LogP contribution in [0.3, 0.4) is 0 Å². The van der Waals surface area contributed by atoms with E-state index in [1.165, 1.54) is 5.56 Å². The van der Waals surface area contributed by atoms with Crippen LogP contribution >= 0.6 is 0 Å². The van der Waals surface area contributed by atoms with E-state index < -0.39 is 0 Å². The fourth-order valence-electron chi connectivity index (χ4n) is 3.43. The van der Waals surface area contributed by atoms with E-state index in [9.17, 15) is 0 Å². The predicted molar refractivity (Wildman–Crippen MR) is 102 cm³/mol. The van der Waals surface area contributed by atoms with Crippen molar-refractivity contribution in [1.29, 1.82) is 0 Å². The highest BCUT2D eigenvalue weighted by Crippen LogP contribution is 2.39. The van der Waals surface area contributed by atoms with Gasteiger partial charge in [0.2, 0.25) is 6.79 Å². The van der Waals surface area contributed by atoms with Crippen LogP contribution in [0, 0.1) is 0 Å². The van der Waals surface area contributed by atoms with Crippen LogP contribution in [0.15, 0.2) is 29.3 Å². The van der Waals surface area contributed by atoms with E-state index in [0.717, 1.165) is 40.2 Å². The number of aliphatic imine (C=N–C) groups is 1. The number of rotatable bonds is 2. The molecule has 2 aliphatic rings. The molecule has 0 aromatic heterocycles. The highest BCUT2D eigenvalue weighted by atomic mass is 16.7. The lowest BCUT2D eigenvalue weighted by atomic mass is 9.94. The van der Waals surface area contributed by atoms with Crippen LogP contribution in [-0.4, -0.2) is 33.8 Å². The standard InChI is InChI=1S/C21H21NO4/c1-13-8-14-4-5-18(23-2)21(24-3)17(14)11-22-7-6-15-9-19-20(10-16(13)15)26-12-25-19/h4-5,8-11H,6-7,12H2,1-3H3/b13-8+,22-11+. The second-order valence-corrected chi connectivity index (χ2v) is 6.28. The topological polar surface area (TPSA) is 49.3 Å². The summed E-state index contributed by atoms with van der Waals surface area (Å²) in [4.78, 5) is 4.61. The lowest BCUT2D eigenvalue weighted by Gasteiger charge is -2.16. The lowest BCUT2D eigenvalue weighted by Crippen LogP contribution is -2.02. The zero-order chi connectivity index (χ0) is 18.1. The molecule has 0 N–H and O–H groups in total. The Morgan fingerprint density at radius 2 is 1.85 bits per heavy atom. The Balaban J connectivity index is 1.89. The van der Waals surface area contributed by atoms with Gasteiger partial charge in [0, 0.05) is 18.3 Å². The molecule has 0 unspecified atom stereocenters. The maximum absolute atomic E-state index is 5.59. The molecule has 0 spiro atoms. The van der Waals surface area contributed by atoms with Gasteiger partial charge in [-0.05, 0) is 53.8 Å². The van der Waals surface area contributed by atoms with Crippen molar-refractivity contribution in [3.63, 3.8) is 0 Å². The van der Waals surface area contributed by atoms with Crippen LogP contribution in [0.5, 0.6) is 23.0 Å². The molecular weight excluding hydrogens is 330 g/mol. The van der Waals surface area contributed by atoms with Gasteiger partial charge >= 0.3 is 0 Å². The van der Waals surface area contributed by atoms with Gasteiger partial charge in [-0.1, -0.05) is 12.1 Å². The quantitative estimate of drug-likeness (QED) is 0.821. The number of nitrogens with zero attached hydrogens (tertiary/aromatic N) is 1. The first kappa shape index (κ1) is 16.5. The minimum atomic E-state index is 0.277. The van der Waals surface area contributed by atoms with Gasteiger partial charge in [0.25, 0.3) is 0 Å². The Hall–Kier alpha value is -2.95. The molecule has 2 aromatic rings. The molecule has 4 rings (SSSR count). The SMILES string of the molecule is COc1ccc2c(c1OC)/C=N/CCc1cc3c(cc1/C(C)=C/2)OCO3. The van der Waals surface area contributed by atoms with Crippen molar-refractivity contribution in [3.05, 3.63) is 46.5 Å². The Labute approximate surface area is 152 Å². The van der Waals surface area contributed by atoms with Gasteiger partial charge in [-0.3, -0.25) is 4.99 Å². The van der Waals surface area contributed by atoms with E-state index >= 15 is 0 Å². The third-order valence-corrected chi connectivity index (χ3v) is 4.74. The Morgan fingerprint density at radius 3 is 2.62 bits per heavy atom. The molecule has 26 heavy (non-hydrogen) atoms. The van der Waals surface area contributed by atoms with Crippen LogP contribution < -0.4 is 18.9 Å². The van der Waals surface area contributed by atoms with Crippen molar-refractivity contribution < 1.29 is 18.9 Å². The Morgan fingerprint density at radius 1 is 1.04 bits per heavy atom. The van der Waals surface area contributed by atoms with Crippen molar-refractivity contribution >= 4 is 17.9 Å². The number of hydrogen-bond acceptors (Lipinski definition) is 5. The lowest BCUT2D eigenvalue weighted by molar-refractivity contribution is 0.174. The first-order chi connectivity index (χ1) is 12.7. The molecule has 2 heterocycles. The molecule has 0 aliphatic carbocycles. The number of allylic oxidation sites excluding steroid dienone is 1. The largest absolute Gasteiger partial charge is 0.493 e. The molecule has 0 radical (unpaired) electrons. The molecule has 0 saturated carbocycles. The summed E-state index contributed by atoms with van der Waals surface area (Å²) in [6, 6.07) is 8.08. The molecule has 2 aromatic carbocycles. The summed E-state index contributed by atoms with van der Waals surface area (Å²) in [7, 11) is 3.29. The summed E-state index contributed by atoms with van der Waals surface area (Å²) in [5.41, 5.74) is 5.49. The highest BCUT2D eigenvalue weighted by Gasteiger charge is 2.19. The number of ether oxygens (including phenoxy) is 4. The first-order valence-corrected chi connectivity index (χ1v) is 8.57. The second-order valence-electron chi connectivity index (χ2n) is 6.28. The number of benzene rings is 2. The number of methoxy groups -OCH3 is 2. The second kappa shape index (κ2) is 6.75. The molecule has 0 saturated heterocycles. The normalized spacial score (nSPS) is 18.2. The summed E-state index contributed by atoms with van der Waals surface area (Å²) in [6.07, 6.45) is 4.85. The van der Waals surface area contributed by atoms with Gasteiger partial charge in [-0.25, -0.2) is 0 Å². The molecule has 134 valence electrons. The van der Waals surface area contributed by atoms with E-state index in [1.54, 1.807) is 14.2 Å². The molecule has 0 bridgehead atoms. The van der Waals surface area contributed by atoms with Gasteiger partial charge in [0.05, 0.1) is 14.2 Å². The Bertz CT molecular complexity index is 915. The fourth-order valence-corrected chi connectivity index (χ4v) is 3.43. The van der Waals surface area contributed by atoms with Gasteiger partial charge in [0.1, 0.15) is 0 Å². The summed E-state index contributed by atoms with van der Waals surface area (Å²) < 4.78 is 22.1. The van der Waals surface area contributed by atoms with E-state index in [0.29, 0.717) is 18.0 Å². The summed E-state index contributed by atoms with van der Waals surface area (Å²) in [5, 5.41) is 0. The van der Waals surface area contributed by atoms with Crippen LogP contribution in [0.1, 0.15) is 29.2 Å². The molecule has 5 nitrogen and oxygen atoms in total. The van der Waals surface area contributed by atoms with Crippen LogP contribution in [-0.2, 0) is 6.42 Å². The molecule has 2 aliphatic heterocycles. The van der Waals surface area contributed by atoms with Crippen molar-refractivity contribution in [3.8, 4) is 23.0 Å². The van der Waals surface area contributed by atoms with Crippen LogP contribution in [0.2, 0.25) is 0 Å². The van der Waals surface area contributed by atoms with Gasteiger partial charge in [-0.15, -0.1) is 0 Å². The van der Waals surface area contributed by atoms with Crippen molar-refractivity contribution in [2.75, 3.05) is 27.6 Å². The zero-order valence-electron chi connectivity index (χ0n) is 15.2. The van der Waals surface area contributed by atoms with Gasteiger partial charge < -0.3 is 18.9 Å². The van der Waals surface area contributed by atoms with E-state index in [2.05, 4.69) is 30.1 Å². The van der Waals surface area contributed by atoms with Crippen molar-refractivity contribution in [2.24, 2.45) is 4.99 Å². The van der Waals surface area contributed by atoms with Crippen LogP contribution in [0.25, 0.3) is 11.6 Å². The molecular formula is C21H21NO4. The first-order valence-electron chi connectivity index (χ1n) is 8.57. The summed E-state index contributed by atoms with van der Waals surface area (Å²) in [5.74, 6) is 3.00. The molecule has 0 amide bonds. The molecule has 5 heteroatoms. The smallest absolute Gasteiger partial charge is 0.231 e. The minimum Gasteiger partial charge on any atom is -0.493 e. The fraction of sp³-hybridized carbons (Fsp3) is 0.286. The number of hydrogen-bond donors (Lipinski definition) is 0. The molecule has 0 atom stereocenters. The summed E-state index contributed by atoms with van der Waals surface area (Å²) in [6.45, 7) is 3.07. The average Bonchev–Trinajstić information content (AvgIpc) is 3.11. The van der Waals surface area contributed by atoms with Crippen molar-refractivity contribution in [1.82, 2.24) is 0 Å². The Kier molecular flexibility index (Phi) is 4.29. The highest BCUT2D eigenvalue weighted by molar-refractivity contribution is 5.94. The van der Waals surface area contributed by atoms with E-state index in [-0.39, 0.29) is 6.79 Å². The average molecular weight is 351 g/mol. The zero-order valence-corrected chi connectivity index (χ0v) is 15.2. The maximum atomic E-state index is 5.59. The third kappa shape index (κ3) is 2.79. The van der Waals surface area contributed by atoms with E-state index in [1.807, 2.05) is 18.3 Å².